The average molecular weight is 382 g/mol. The summed E-state index contributed by atoms with van der Waals surface area (Å²) in [6.07, 6.45) is 2.74. The molecule has 130 valence electrons. The van der Waals surface area contributed by atoms with Crippen LogP contribution in [0.4, 0.5) is 0 Å². The average Bonchev–Trinajstić information content (AvgIpc) is 2.65. The van der Waals surface area contributed by atoms with Crippen LogP contribution in [0.25, 0.3) is 22.4 Å². The minimum Gasteiger partial charge on any atom is -0.493 e. The third-order valence-electron chi connectivity index (χ3n) is 4.02. The van der Waals surface area contributed by atoms with Crippen LogP contribution in [-0.2, 0) is 0 Å². The van der Waals surface area contributed by atoms with E-state index in [0.29, 0.717) is 27.8 Å². The van der Waals surface area contributed by atoms with Gasteiger partial charge in [-0.1, -0.05) is 66.5 Å². The summed E-state index contributed by atoms with van der Waals surface area (Å²) in [6, 6.07) is 19.4. The van der Waals surface area contributed by atoms with E-state index in [1.165, 1.54) is 0 Å². The minimum absolute atomic E-state index is 0.446. The molecule has 0 aliphatic carbocycles. The highest BCUT2D eigenvalue weighted by Crippen LogP contribution is 2.34. The van der Waals surface area contributed by atoms with Crippen molar-refractivity contribution in [2.75, 3.05) is 6.61 Å². The molecule has 0 heterocycles. The zero-order valence-electron chi connectivity index (χ0n) is 14.3. The maximum atomic E-state index is 9.72. The fourth-order valence-electron chi connectivity index (χ4n) is 2.78. The third-order valence-corrected chi connectivity index (χ3v) is 4.57. The number of ether oxygens (including phenoxy) is 1. The third kappa shape index (κ3) is 3.85. The van der Waals surface area contributed by atoms with Gasteiger partial charge in [0, 0.05) is 16.1 Å². The molecule has 0 spiro atoms. The normalized spacial score (nSPS) is 11.4. The first-order valence-corrected chi connectivity index (χ1v) is 9.11. The number of nitrogens with zero attached hydrogens (tertiary/aromatic N) is 1. The van der Waals surface area contributed by atoms with E-state index in [0.717, 1.165) is 28.5 Å². The van der Waals surface area contributed by atoms with Gasteiger partial charge in [0.25, 0.3) is 0 Å². The zero-order valence-corrected chi connectivity index (χ0v) is 15.8. The van der Waals surface area contributed by atoms with E-state index in [4.69, 9.17) is 27.9 Å². The van der Waals surface area contributed by atoms with Crippen LogP contribution in [0.3, 0.4) is 0 Å². The monoisotopic (exact) mass is 381 g/mol. The molecule has 2 nitrogen and oxygen atoms in total. The molecule has 0 radical (unpaired) electrons. The van der Waals surface area contributed by atoms with Gasteiger partial charge >= 0.3 is 0 Å². The summed E-state index contributed by atoms with van der Waals surface area (Å²) in [5.41, 5.74) is 1.98. The molecule has 0 aliphatic heterocycles. The van der Waals surface area contributed by atoms with Crippen LogP contribution in [0.15, 0.2) is 54.6 Å². The topological polar surface area (TPSA) is 33.0 Å². The molecule has 0 atom stereocenters. The molecule has 26 heavy (non-hydrogen) atoms. The molecule has 0 N–H and O–H groups in total. The second-order valence-electron chi connectivity index (χ2n) is 5.84. The highest BCUT2D eigenvalue weighted by Gasteiger charge is 2.12. The lowest BCUT2D eigenvalue weighted by molar-refractivity contribution is 0.317. The van der Waals surface area contributed by atoms with Gasteiger partial charge in [-0.2, -0.15) is 5.26 Å². The molecule has 3 aromatic carbocycles. The first-order valence-electron chi connectivity index (χ1n) is 8.35. The van der Waals surface area contributed by atoms with Crippen molar-refractivity contribution >= 4 is 45.6 Å². The van der Waals surface area contributed by atoms with Crippen LogP contribution in [0.2, 0.25) is 10.0 Å². The maximum absolute atomic E-state index is 9.72. The Hall–Kier alpha value is -2.47. The molecule has 3 aromatic rings. The molecule has 3 rings (SSSR count). The molecule has 0 aromatic heterocycles. The lowest BCUT2D eigenvalue weighted by Gasteiger charge is -2.12. The van der Waals surface area contributed by atoms with E-state index in [2.05, 4.69) is 13.0 Å². The number of allylic oxidation sites excluding steroid dienone is 1. The van der Waals surface area contributed by atoms with Gasteiger partial charge in [-0.15, -0.1) is 0 Å². The van der Waals surface area contributed by atoms with Crippen molar-refractivity contribution in [2.45, 2.75) is 13.3 Å². The van der Waals surface area contributed by atoms with E-state index in [1.807, 2.05) is 42.5 Å². The fraction of sp³-hybridized carbons (Fsp3) is 0.136. The summed E-state index contributed by atoms with van der Waals surface area (Å²) in [7, 11) is 0. The highest BCUT2D eigenvalue weighted by molar-refractivity contribution is 6.36. The molecule has 0 saturated carbocycles. The van der Waals surface area contributed by atoms with Crippen molar-refractivity contribution in [3.05, 3.63) is 75.8 Å². The largest absolute Gasteiger partial charge is 0.493 e. The highest BCUT2D eigenvalue weighted by atomic mass is 35.5. The summed E-state index contributed by atoms with van der Waals surface area (Å²) in [6.45, 7) is 2.67. The van der Waals surface area contributed by atoms with E-state index in [1.54, 1.807) is 18.2 Å². The smallest absolute Gasteiger partial charge is 0.127 e. The van der Waals surface area contributed by atoms with Crippen LogP contribution < -0.4 is 4.74 Å². The molecule has 0 aliphatic rings. The first kappa shape index (κ1) is 18.3. The minimum atomic E-state index is 0.446. The van der Waals surface area contributed by atoms with Crippen molar-refractivity contribution in [3.8, 4) is 11.8 Å². The predicted octanol–water partition coefficient (Wildman–Crippen LogP) is 7.00. The van der Waals surface area contributed by atoms with Crippen molar-refractivity contribution in [3.63, 3.8) is 0 Å². The molecule has 0 bridgehead atoms. The summed E-state index contributed by atoms with van der Waals surface area (Å²) >= 11 is 12.3. The quantitative estimate of drug-likeness (QED) is 0.352. The van der Waals surface area contributed by atoms with Gasteiger partial charge in [-0.05, 0) is 41.5 Å². The maximum Gasteiger partial charge on any atom is 0.127 e. The number of hydrogen-bond donors (Lipinski definition) is 0. The second-order valence-corrected chi connectivity index (χ2v) is 6.68. The Bertz CT molecular complexity index is 1020. The van der Waals surface area contributed by atoms with Gasteiger partial charge in [0.2, 0.25) is 0 Å². The van der Waals surface area contributed by atoms with Gasteiger partial charge in [0.05, 0.1) is 23.3 Å². The molecule has 0 amide bonds. The summed E-state index contributed by atoms with van der Waals surface area (Å²) in [5, 5.41) is 12.8. The van der Waals surface area contributed by atoms with Crippen molar-refractivity contribution in [2.24, 2.45) is 0 Å². The number of rotatable bonds is 5. The van der Waals surface area contributed by atoms with Crippen LogP contribution in [-0.4, -0.2) is 6.61 Å². The van der Waals surface area contributed by atoms with Crippen molar-refractivity contribution < 1.29 is 4.74 Å². The van der Waals surface area contributed by atoms with Gasteiger partial charge < -0.3 is 4.74 Å². The summed E-state index contributed by atoms with van der Waals surface area (Å²) in [4.78, 5) is 0. The van der Waals surface area contributed by atoms with Crippen molar-refractivity contribution in [1.82, 2.24) is 0 Å². The first-order chi connectivity index (χ1) is 12.6. The molecule has 4 heteroatoms. The van der Waals surface area contributed by atoms with Gasteiger partial charge in [-0.3, -0.25) is 0 Å². The number of benzene rings is 3. The van der Waals surface area contributed by atoms with Crippen LogP contribution >= 0.6 is 23.2 Å². The lowest BCUT2D eigenvalue weighted by atomic mass is 9.98. The number of fused-ring (bicyclic) bond motifs is 1. The van der Waals surface area contributed by atoms with E-state index < -0.39 is 0 Å². The molecule has 0 saturated heterocycles. The van der Waals surface area contributed by atoms with E-state index >= 15 is 0 Å². The standard InChI is InChI=1S/C22H17Cl2NO/c1-2-11-26-22-10-7-15-5-3-4-6-18(15)20(22)12-16(14-25)19-9-8-17(23)13-21(19)24/h3-10,12-13H,2,11H2,1H3/b16-12+. The number of hydrogen-bond acceptors (Lipinski definition) is 2. The Kier molecular flexibility index (Phi) is 5.83. The Balaban J connectivity index is 2.21. The molecule has 0 fully saturated rings. The Labute approximate surface area is 163 Å². The molecule has 0 unspecified atom stereocenters. The summed E-state index contributed by atoms with van der Waals surface area (Å²) in [5.74, 6) is 0.753. The fourth-order valence-corrected chi connectivity index (χ4v) is 3.30. The Morgan fingerprint density at radius 3 is 2.65 bits per heavy atom. The van der Waals surface area contributed by atoms with Crippen molar-refractivity contribution in [1.29, 1.82) is 5.26 Å². The number of nitriles is 1. The van der Waals surface area contributed by atoms with Crippen LogP contribution in [0, 0.1) is 11.3 Å². The molecular formula is C22H17Cl2NO. The van der Waals surface area contributed by atoms with E-state index in [9.17, 15) is 5.26 Å². The SMILES string of the molecule is CCCOc1ccc2ccccc2c1/C=C(\C#N)c1ccc(Cl)cc1Cl. The van der Waals surface area contributed by atoms with Crippen LogP contribution in [0.5, 0.6) is 5.75 Å². The summed E-state index contributed by atoms with van der Waals surface area (Å²) < 4.78 is 5.92. The predicted molar refractivity (Wildman–Crippen MR) is 110 cm³/mol. The Morgan fingerprint density at radius 2 is 1.92 bits per heavy atom. The lowest BCUT2D eigenvalue weighted by Crippen LogP contribution is -1.98. The van der Waals surface area contributed by atoms with Gasteiger partial charge in [0.15, 0.2) is 0 Å². The second kappa shape index (κ2) is 8.27. The number of halogens is 2. The van der Waals surface area contributed by atoms with Gasteiger partial charge in [-0.25, -0.2) is 0 Å². The zero-order chi connectivity index (χ0) is 18.5. The van der Waals surface area contributed by atoms with E-state index in [-0.39, 0.29) is 0 Å². The molecular weight excluding hydrogens is 365 g/mol. The van der Waals surface area contributed by atoms with Crippen LogP contribution in [0.1, 0.15) is 24.5 Å². The van der Waals surface area contributed by atoms with Gasteiger partial charge in [0.1, 0.15) is 5.75 Å². The Morgan fingerprint density at radius 1 is 1.12 bits per heavy atom.